The van der Waals surface area contributed by atoms with Gasteiger partial charge in [0.2, 0.25) is 10.0 Å². The Hall–Kier alpha value is -2.45. The van der Waals surface area contributed by atoms with Crippen LogP contribution in [0.25, 0.3) is 0 Å². The molecule has 0 bridgehead atoms. The van der Waals surface area contributed by atoms with Crippen LogP contribution in [0.15, 0.2) is 54.6 Å². The van der Waals surface area contributed by atoms with E-state index in [0.717, 1.165) is 11.1 Å². The molecule has 30 heavy (non-hydrogen) atoms. The molecule has 162 valence electrons. The van der Waals surface area contributed by atoms with Gasteiger partial charge in [-0.05, 0) is 35.6 Å². The number of rotatable bonds is 8. The molecular formula is C22H27FN2O4S. The maximum absolute atomic E-state index is 13.1. The molecule has 1 aliphatic heterocycles. The zero-order chi connectivity index (χ0) is 21.7. The molecule has 0 radical (unpaired) electrons. The summed E-state index contributed by atoms with van der Waals surface area (Å²) in [6.07, 6.45) is -0.0516. The van der Waals surface area contributed by atoms with E-state index in [2.05, 4.69) is 4.72 Å². The maximum Gasteiger partial charge on any atom is 0.410 e. The molecule has 0 saturated carbocycles. The third kappa shape index (κ3) is 5.79. The number of hydrogen-bond acceptors (Lipinski definition) is 4. The molecular weight excluding hydrogens is 407 g/mol. The van der Waals surface area contributed by atoms with E-state index in [0.29, 0.717) is 6.42 Å². The molecule has 1 aliphatic rings. The van der Waals surface area contributed by atoms with E-state index in [-0.39, 0.29) is 37.5 Å². The number of likely N-dealkylation sites (tertiary alicyclic amines) is 1. The largest absolute Gasteiger partial charge is 0.445 e. The zero-order valence-corrected chi connectivity index (χ0v) is 17.9. The average Bonchev–Trinajstić information content (AvgIpc) is 2.66. The summed E-state index contributed by atoms with van der Waals surface area (Å²) < 4.78 is 46.7. The van der Waals surface area contributed by atoms with Gasteiger partial charge in [-0.1, -0.05) is 56.3 Å². The van der Waals surface area contributed by atoms with Gasteiger partial charge >= 0.3 is 6.09 Å². The van der Waals surface area contributed by atoms with Crippen molar-refractivity contribution in [3.63, 3.8) is 0 Å². The average molecular weight is 435 g/mol. The molecule has 2 aromatic rings. The fourth-order valence-electron chi connectivity index (χ4n) is 3.19. The van der Waals surface area contributed by atoms with Gasteiger partial charge in [0.1, 0.15) is 17.7 Å². The van der Waals surface area contributed by atoms with Crippen molar-refractivity contribution in [3.8, 4) is 0 Å². The Morgan fingerprint density at radius 3 is 2.33 bits per heavy atom. The molecule has 8 heteroatoms. The number of benzene rings is 2. The first-order chi connectivity index (χ1) is 14.2. The molecule has 1 saturated heterocycles. The summed E-state index contributed by atoms with van der Waals surface area (Å²) in [6, 6.07) is 15.0. The second-order valence-electron chi connectivity index (χ2n) is 7.91. The first-order valence-electron chi connectivity index (χ1n) is 9.96. The van der Waals surface area contributed by atoms with Crippen molar-refractivity contribution < 1.29 is 22.3 Å². The Balaban J connectivity index is 1.51. The van der Waals surface area contributed by atoms with Gasteiger partial charge in [0.05, 0.1) is 0 Å². The van der Waals surface area contributed by atoms with Crippen LogP contribution >= 0.6 is 0 Å². The van der Waals surface area contributed by atoms with Crippen molar-refractivity contribution in [1.29, 1.82) is 0 Å². The van der Waals surface area contributed by atoms with Crippen LogP contribution in [0.5, 0.6) is 0 Å². The quantitative estimate of drug-likeness (QED) is 0.692. The van der Waals surface area contributed by atoms with Gasteiger partial charge in [0.25, 0.3) is 0 Å². The second kappa shape index (κ2) is 9.57. The number of sulfonamides is 1. The van der Waals surface area contributed by atoms with Gasteiger partial charge in [-0.2, -0.15) is 0 Å². The molecule has 1 unspecified atom stereocenters. The first-order valence-corrected chi connectivity index (χ1v) is 11.5. The van der Waals surface area contributed by atoms with Crippen LogP contribution in [-0.4, -0.2) is 43.8 Å². The summed E-state index contributed by atoms with van der Waals surface area (Å²) in [7, 11) is -3.60. The Bertz CT molecular complexity index is 943. The molecule has 6 nitrogen and oxygen atoms in total. The van der Waals surface area contributed by atoms with Crippen molar-refractivity contribution in [2.24, 2.45) is 5.92 Å². The topological polar surface area (TPSA) is 75.7 Å². The lowest BCUT2D eigenvalue weighted by atomic mass is 9.97. The van der Waals surface area contributed by atoms with Gasteiger partial charge in [0.15, 0.2) is 0 Å². The van der Waals surface area contributed by atoms with Gasteiger partial charge < -0.3 is 9.64 Å². The Kier molecular flexibility index (Phi) is 7.10. The molecule has 1 heterocycles. The van der Waals surface area contributed by atoms with Crippen LogP contribution in [0.2, 0.25) is 0 Å². The second-order valence-corrected chi connectivity index (χ2v) is 9.90. The van der Waals surface area contributed by atoms with Crippen LogP contribution < -0.4 is 4.72 Å². The van der Waals surface area contributed by atoms with Crippen molar-refractivity contribution in [1.82, 2.24) is 9.62 Å². The molecule has 2 aromatic carbocycles. The number of carbonyl (C=O) groups is 1. The van der Waals surface area contributed by atoms with E-state index in [4.69, 9.17) is 4.74 Å². The molecule has 1 fully saturated rings. The highest BCUT2D eigenvalue weighted by atomic mass is 32.2. The lowest BCUT2D eigenvalue weighted by molar-refractivity contribution is 0.0765. The Labute approximate surface area is 177 Å². The molecule has 0 aliphatic carbocycles. The summed E-state index contributed by atoms with van der Waals surface area (Å²) >= 11 is 0. The third-order valence-corrected chi connectivity index (χ3v) is 7.05. The minimum atomic E-state index is -3.60. The fraction of sp³-hybridized carbons (Fsp3) is 0.409. The highest BCUT2D eigenvalue weighted by Crippen LogP contribution is 2.20. The normalized spacial score (nSPS) is 15.7. The molecule has 3 rings (SSSR count). The van der Waals surface area contributed by atoms with Crippen LogP contribution in [0, 0.1) is 11.7 Å². The molecule has 1 N–H and O–H groups in total. The SMILES string of the molecule is CC(C)C(Cc1ccc(F)cc1)NS(=O)(=O)C1CN(C(=O)OCc2ccccc2)C1. The number of carbonyl (C=O) groups excluding carboxylic acids is 1. The first kappa shape index (κ1) is 22.2. The smallest absolute Gasteiger partial charge is 0.410 e. The van der Waals surface area contributed by atoms with E-state index in [9.17, 15) is 17.6 Å². The van der Waals surface area contributed by atoms with Crippen LogP contribution in [0.4, 0.5) is 9.18 Å². The van der Waals surface area contributed by atoms with E-state index < -0.39 is 21.4 Å². The van der Waals surface area contributed by atoms with Crippen molar-refractivity contribution in [2.75, 3.05) is 13.1 Å². The standard InChI is InChI=1S/C22H27FN2O4S/c1-16(2)21(12-17-8-10-19(23)11-9-17)24-30(27,28)20-13-25(14-20)22(26)29-15-18-6-4-3-5-7-18/h3-11,16,20-21,24H,12-15H2,1-2H3. The predicted octanol–water partition coefficient (Wildman–Crippen LogP) is 3.33. The number of nitrogens with zero attached hydrogens (tertiary/aromatic N) is 1. The lowest BCUT2D eigenvalue weighted by Crippen LogP contribution is -2.60. The predicted molar refractivity (Wildman–Crippen MR) is 113 cm³/mol. The maximum atomic E-state index is 13.1. The van der Waals surface area contributed by atoms with Gasteiger partial charge in [-0.25, -0.2) is 22.3 Å². The highest BCUT2D eigenvalue weighted by Gasteiger charge is 2.41. The molecule has 0 aromatic heterocycles. The summed E-state index contributed by atoms with van der Waals surface area (Å²) in [4.78, 5) is 13.5. The van der Waals surface area contributed by atoms with E-state index in [1.165, 1.54) is 17.0 Å². The number of nitrogens with one attached hydrogen (secondary N) is 1. The van der Waals surface area contributed by atoms with Crippen molar-refractivity contribution in [2.45, 2.75) is 38.2 Å². The zero-order valence-electron chi connectivity index (χ0n) is 17.1. The van der Waals surface area contributed by atoms with Gasteiger partial charge in [-0.15, -0.1) is 0 Å². The fourth-order valence-corrected chi connectivity index (χ4v) is 4.91. The Morgan fingerprint density at radius 1 is 1.10 bits per heavy atom. The number of hydrogen-bond donors (Lipinski definition) is 1. The molecule has 0 spiro atoms. The minimum Gasteiger partial charge on any atom is -0.445 e. The highest BCUT2D eigenvalue weighted by molar-refractivity contribution is 7.90. The van der Waals surface area contributed by atoms with E-state index in [1.54, 1.807) is 12.1 Å². The van der Waals surface area contributed by atoms with Gasteiger partial charge in [-0.3, -0.25) is 0 Å². The summed E-state index contributed by atoms with van der Waals surface area (Å²) in [5, 5.41) is -0.670. The number of halogens is 1. The third-order valence-electron chi connectivity index (χ3n) is 5.24. The lowest BCUT2D eigenvalue weighted by Gasteiger charge is -2.38. The number of ether oxygens (including phenoxy) is 1. The van der Waals surface area contributed by atoms with Crippen LogP contribution in [0.1, 0.15) is 25.0 Å². The van der Waals surface area contributed by atoms with Gasteiger partial charge in [0, 0.05) is 19.1 Å². The summed E-state index contributed by atoms with van der Waals surface area (Å²) in [6.45, 7) is 4.23. The minimum absolute atomic E-state index is 0.0526. The number of amides is 1. The van der Waals surface area contributed by atoms with E-state index in [1.807, 2.05) is 44.2 Å². The van der Waals surface area contributed by atoms with Crippen LogP contribution in [0.3, 0.4) is 0 Å². The summed E-state index contributed by atoms with van der Waals surface area (Å²) in [5.74, 6) is -0.272. The Morgan fingerprint density at radius 2 is 1.73 bits per heavy atom. The van der Waals surface area contributed by atoms with Crippen molar-refractivity contribution in [3.05, 3.63) is 71.5 Å². The molecule has 1 atom stereocenters. The van der Waals surface area contributed by atoms with Crippen molar-refractivity contribution >= 4 is 16.1 Å². The summed E-state index contributed by atoms with van der Waals surface area (Å²) in [5.41, 5.74) is 1.73. The monoisotopic (exact) mass is 434 g/mol. The van der Waals surface area contributed by atoms with E-state index >= 15 is 0 Å². The molecule has 1 amide bonds. The van der Waals surface area contributed by atoms with Crippen LogP contribution in [-0.2, 0) is 27.8 Å².